The van der Waals surface area contributed by atoms with Crippen LogP contribution in [0, 0.1) is 13.8 Å². The van der Waals surface area contributed by atoms with Crippen LogP contribution in [-0.4, -0.2) is 28.8 Å². The molecule has 6 nitrogen and oxygen atoms in total. The number of fused-ring (bicyclic) bond motifs is 1. The molecule has 1 N–H and O–H groups in total. The van der Waals surface area contributed by atoms with Gasteiger partial charge in [-0.2, -0.15) is 22.8 Å². The first kappa shape index (κ1) is 21.5. The highest BCUT2D eigenvalue weighted by Gasteiger charge is 2.30. The Morgan fingerprint density at radius 2 is 1.59 bits per heavy atom. The average molecular weight is 442 g/mol. The number of hydrogen-bond donors (Lipinski definition) is 1. The second-order valence-corrected chi connectivity index (χ2v) is 7.25. The van der Waals surface area contributed by atoms with Crippen LogP contribution in [0.2, 0.25) is 0 Å². The number of alkyl halides is 3. The van der Waals surface area contributed by atoms with E-state index in [0.29, 0.717) is 28.7 Å². The van der Waals surface area contributed by atoms with Crippen LogP contribution in [0.1, 0.15) is 17.0 Å². The van der Waals surface area contributed by atoms with Gasteiger partial charge in [0.15, 0.2) is 17.1 Å². The fraction of sp³-hybridized carbons (Fsp3) is 0.217. The van der Waals surface area contributed by atoms with Crippen LogP contribution in [0.4, 0.5) is 24.7 Å². The Morgan fingerprint density at radius 3 is 2.22 bits per heavy atom. The van der Waals surface area contributed by atoms with Crippen molar-refractivity contribution in [2.75, 3.05) is 19.5 Å². The van der Waals surface area contributed by atoms with Crippen molar-refractivity contribution >= 4 is 17.2 Å². The molecule has 0 saturated heterocycles. The van der Waals surface area contributed by atoms with Gasteiger partial charge in [-0.25, -0.2) is 4.98 Å². The lowest BCUT2D eigenvalue weighted by Crippen LogP contribution is -2.05. The van der Waals surface area contributed by atoms with E-state index in [-0.39, 0.29) is 0 Å². The van der Waals surface area contributed by atoms with Crippen molar-refractivity contribution in [3.63, 3.8) is 0 Å². The van der Waals surface area contributed by atoms with E-state index >= 15 is 0 Å². The standard InChI is InChI=1S/C23H21F3N4O2/c1-13-11-20(28-17-8-6-16(7-9-17)23(24,25)26)30-22(27-13)21(14(2)29-30)15-5-10-18(31-3)19(12-15)32-4/h5-12,28H,1-4H3. The van der Waals surface area contributed by atoms with Crippen molar-refractivity contribution < 1.29 is 22.6 Å². The Hall–Kier alpha value is -3.75. The van der Waals surface area contributed by atoms with E-state index in [4.69, 9.17) is 9.47 Å². The Kier molecular flexibility index (Phi) is 5.41. The molecule has 0 atom stereocenters. The van der Waals surface area contributed by atoms with E-state index in [1.54, 1.807) is 24.8 Å². The van der Waals surface area contributed by atoms with Crippen LogP contribution >= 0.6 is 0 Å². The highest BCUT2D eigenvalue weighted by atomic mass is 19.4. The third kappa shape index (κ3) is 3.93. The molecule has 0 amide bonds. The van der Waals surface area contributed by atoms with E-state index in [9.17, 15) is 13.2 Å². The van der Waals surface area contributed by atoms with Crippen LogP contribution in [-0.2, 0) is 6.18 Å². The van der Waals surface area contributed by atoms with Gasteiger partial charge in [-0.3, -0.25) is 0 Å². The van der Waals surface area contributed by atoms with Crippen LogP contribution in [0.15, 0.2) is 48.5 Å². The van der Waals surface area contributed by atoms with Crippen LogP contribution in [0.3, 0.4) is 0 Å². The molecular formula is C23H21F3N4O2. The molecule has 0 bridgehead atoms. The molecule has 0 spiro atoms. The SMILES string of the molecule is COc1ccc(-c2c(C)nn3c(Nc4ccc(C(F)(F)F)cc4)cc(C)nc23)cc1OC. The van der Waals surface area contributed by atoms with Gasteiger partial charge in [0.1, 0.15) is 5.82 Å². The molecule has 9 heteroatoms. The van der Waals surface area contributed by atoms with Crippen molar-refractivity contribution in [3.8, 4) is 22.6 Å². The highest BCUT2D eigenvalue weighted by molar-refractivity contribution is 5.82. The smallest absolute Gasteiger partial charge is 0.416 e. The number of methoxy groups -OCH3 is 2. The molecule has 4 rings (SSSR count). The zero-order valence-electron chi connectivity index (χ0n) is 17.9. The van der Waals surface area contributed by atoms with Gasteiger partial charge < -0.3 is 14.8 Å². The van der Waals surface area contributed by atoms with E-state index in [2.05, 4.69) is 15.4 Å². The molecule has 0 aliphatic rings. The minimum atomic E-state index is -4.38. The molecule has 0 aliphatic heterocycles. The molecule has 2 aromatic heterocycles. The van der Waals surface area contributed by atoms with Gasteiger partial charge in [-0.15, -0.1) is 0 Å². The lowest BCUT2D eigenvalue weighted by atomic mass is 10.1. The van der Waals surface area contributed by atoms with Crippen molar-refractivity contribution in [3.05, 3.63) is 65.5 Å². The number of benzene rings is 2. The van der Waals surface area contributed by atoms with E-state index in [0.717, 1.165) is 34.6 Å². The topological polar surface area (TPSA) is 60.7 Å². The minimum absolute atomic E-state index is 0.505. The molecule has 0 unspecified atom stereocenters. The average Bonchev–Trinajstić information content (AvgIpc) is 3.08. The van der Waals surface area contributed by atoms with E-state index < -0.39 is 11.7 Å². The summed E-state index contributed by atoms with van der Waals surface area (Å²) >= 11 is 0. The molecule has 2 aromatic carbocycles. The fourth-order valence-corrected chi connectivity index (χ4v) is 3.55. The van der Waals surface area contributed by atoms with Crippen molar-refractivity contribution in [2.24, 2.45) is 0 Å². The number of aromatic nitrogens is 3. The Bertz CT molecular complexity index is 1280. The maximum Gasteiger partial charge on any atom is 0.416 e. The summed E-state index contributed by atoms with van der Waals surface area (Å²) in [7, 11) is 3.14. The number of halogens is 3. The van der Waals surface area contributed by atoms with E-state index in [1.165, 1.54) is 12.1 Å². The highest BCUT2D eigenvalue weighted by Crippen LogP contribution is 2.36. The number of nitrogens with one attached hydrogen (secondary N) is 1. The Balaban J connectivity index is 1.79. The number of anilines is 2. The third-order valence-corrected chi connectivity index (χ3v) is 5.05. The minimum Gasteiger partial charge on any atom is -0.493 e. The van der Waals surface area contributed by atoms with Gasteiger partial charge in [0, 0.05) is 23.0 Å². The maximum atomic E-state index is 12.9. The zero-order valence-corrected chi connectivity index (χ0v) is 17.9. The largest absolute Gasteiger partial charge is 0.493 e. The summed E-state index contributed by atoms with van der Waals surface area (Å²) in [5, 5.41) is 7.77. The van der Waals surface area contributed by atoms with Crippen LogP contribution in [0.5, 0.6) is 11.5 Å². The Labute approximate surface area is 182 Å². The molecule has 166 valence electrons. The first-order chi connectivity index (χ1) is 15.2. The molecule has 0 saturated carbocycles. The summed E-state index contributed by atoms with van der Waals surface area (Å²) in [6, 6.07) is 12.2. The predicted octanol–water partition coefficient (Wildman–Crippen LogP) is 5.79. The lowest BCUT2D eigenvalue weighted by molar-refractivity contribution is -0.137. The summed E-state index contributed by atoms with van der Waals surface area (Å²) < 4.78 is 51.0. The number of ether oxygens (including phenoxy) is 2. The predicted molar refractivity (Wildman–Crippen MR) is 116 cm³/mol. The number of hydrogen-bond acceptors (Lipinski definition) is 5. The first-order valence-electron chi connectivity index (χ1n) is 9.75. The first-order valence-corrected chi connectivity index (χ1v) is 9.75. The van der Waals surface area contributed by atoms with Crippen molar-refractivity contribution in [1.29, 1.82) is 0 Å². The van der Waals surface area contributed by atoms with Crippen molar-refractivity contribution in [1.82, 2.24) is 14.6 Å². The molecule has 0 fully saturated rings. The van der Waals surface area contributed by atoms with Crippen molar-refractivity contribution in [2.45, 2.75) is 20.0 Å². The molecule has 0 aliphatic carbocycles. The van der Waals surface area contributed by atoms with E-state index in [1.807, 2.05) is 32.0 Å². The van der Waals surface area contributed by atoms with Gasteiger partial charge in [0.25, 0.3) is 0 Å². The normalized spacial score (nSPS) is 11.6. The zero-order chi connectivity index (χ0) is 23.0. The van der Waals surface area contributed by atoms with Crippen LogP contribution in [0.25, 0.3) is 16.8 Å². The summed E-state index contributed by atoms with van der Waals surface area (Å²) in [4.78, 5) is 4.66. The molecular weight excluding hydrogens is 421 g/mol. The molecule has 32 heavy (non-hydrogen) atoms. The van der Waals surface area contributed by atoms with Gasteiger partial charge in [-0.1, -0.05) is 6.07 Å². The quantitative estimate of drug-likeness (QED) is 0.424. The van der Waals surface area contributed by atoms with Gasteiger partial charge in [-0.05, 0) is 55.8 Å². The summed E-state index contributed by atoms with van der Waals surface area (Å²) in [5.74, 6) is 1.78. The fourth-order valence-electron chi connectivity index (χ4n) is 3.55. The molecule has 2 heterocycles. The summed E-state index contributed by atoms with van der Waals surface area (Å²) in [5.41, 5.74) is 3.57. The number of aryl methyl sites for hydroxylation is 2. The lowest BCUT2D eigenvalue weighted by Gasteiger charge is -2.12. The van der Waals surface area contributed by atoms with Gasteiger partial charge in [0.2, 0.25) is 0 Å². The second-order valence-electron chi connectivity index (χ2n) is 7.25. The number of nitrogens with zero attached hydrogens (tertiary/aromatic N) is 3. The Morgan fingerprint density at radius 1 is 0.906 bits per heavy atom. The summed E-state index contributed by atoms with van der Waals surface area (Å²) in [6.07, 6.45) is -4.38. The summed E-state index contributed by atoms with van der Waals surface area (Å²) in [6.45, 7) is 3.72. The number of rotatable bonds is 5. The monoisotopic (exact) mass is 442 g/mol. The maximum absolute atomic E-state index is 12.9. The molecule has 0 radical (unpaired) electrons. The molecule has 4 aromatic rings. The van der Waals surface area contributed by atoms with Gasteiger partial charge in [0.05, 0.1) is 25.5 Å². The second kappa shape index (κ2) is 8.07. The third-order valence-electron chi connectivity index (χ3n) is 5.05. The van der Waals surface area contributed by atoms with Crippen LogP contribution < -0.4 is 14.8 Å². The van der Waals surface area contributed by atoms with Gasteiger partial charge >= 0.3 is 6.18 Å².